The lowest BCUT2D eigenvalue weighted by molar-refractivity contribution is 0.0359. The van der Waals surface area contributed by atoms with Gasteiger partial charge in [-0.3, -0.25) is 9.58 Å². The summed E-state index contributed by atoms with van der Waals surface area (Å²) < 4.78 is 7.28. The first-order valence-corrected chi connectivity index (χ1v) is 6.83. The standard InChI is InChI=1S/C12H21N5O/c1-2-11(1)13-9-12-10-17(15-14-12)4-3-16-5-7-18-8-6-16/h10-11,13H,1-9H2. The number of aromatic nitrogens is 3. The van der Waals surface area contributed by atoms with Crippen molar-refractivity contribution >= 4 is 0 Å². The normalized spacial score (nSPS) is 21.3. The maximum Gasteiger partial charge on any atom is 0.0964 e. The smallest absolute Gasteiger partial charge is 0.0964 e. The Hall–Kier alpha value is -0.980. The highest BCUT2D eigenvalue weighted by molar-refractivity contribution is 4.94. The van der Waals surface area contributed by atoms with Gasteiger partial charge in [0.2, 0.25) is 0 Å². The molecule has 1 aliphatic heterocycles. The van der Waals surface area contributed by atoms with Crippen LogP contribution < -0.4 is 5.32 Å². The Bertz CT molecular complexity index is 370. The highest BCUT2D eigenvalue weighted by Crippen LogP contribution is 2.18. The molecule has 0 spiro atoms. The molecule has 1 aromatic rings. The molecule has 0 atom stereocenters. The summed E-state index contributed by atoms with van der Waals surface area (Å²) in [4.78, 5) is 2.41. The monoisotopic (exact) mass is 251 g/mol. The summed E-state index contributed by atoms with van der Waals surface area (Å²) in [5.74, 6) is 0. The number of rotatable bonds is 6. The Morgan fingerprint density at radius 3 is 2.89 bits per heavy atom. The maximum atomic E-state index is 5.33. The third kappa shape index (κ3) is 3.51. The molecule has 1 N–H and O–H groups in total. The number of ether oxygens (including phenoxy) is 1. The summed E-state index contributed by atoms with van der Waals surface area (Å²) >= 11 is 0. The Kier molecular flexibility index (Phi) is 3.87. The van der Waals surface area contributed by atoms with Gasteiger partial charge in [0.15, 0.2) is 0 Å². The molecule has 0 aromatic carbocycles. The molecule has 6 nitrogen and oxygen atoms in total. The first-order valence-electron chi connectivity index (χ1n) is 6.83. The molecule has 2 aliphatic rings. The van der Waals surface area contributed by atoms with Crippen LogP contribution >= 0.6 is 0 Å². The zero-order valence-corrected chi connectivity index (χ0v) is 10.7. The average molecular weight is 251 g/mol. The topological polar surface area (TPSA) is 55.2 Å². The Balaban J connectivity index is 1.41. The number of hydrogen-bond donors (Lipinski definition) is 1. The molecule has 6 heteroatoms. The van der Waals surface area contributed by atoms with E-state index >= 15 is 0 Å². The van der Waals surface area contributed by atoms with Gasteiger partial charge in [0, 0.05) is 38.4 Å². The summed E-state index contributed by atoms with van der Waals surface area (Å²) in [6.07, 6.45) is 4.67. The van der Waals surface area contributed by atoms with E-state index < -0.39 is 0 Å². The van der Waals surface area contributed by atoms with Crippen LogP contribution in [0.15, 0.2) is 6.20 Å². The molecule has 2 heterocycles. The van der Waals surface area contributed by atoms with Crippen LogP contribution in [-0.4, -0.2) is 58.8 Å². The van der Waals surface area contributed by atoms with Crippen LogP contribution in [0.5, 0.6) is 0 Å². The second kappa shape index (κ2) is 5.77. The molecular formula is C12H21N5O. The van der Waals surface area contributed by atoms with Crippen molar-refractivity contribution in [3.8, 4) is 0 Å². The fraction of sp³-hybridized carbons (Fsp3) is 0.833. The highest BCUT2D eigenvalue weighted by atomic mass is 16.5. The summed E-state index contributed by atoms with van der Waals surface area (Å²) in [6, 6.07) is 0.725. The zero-order valence-electron chi connectivity index (χ0n) is 10.7. The lowest BCUT2D eigenvalue weighted by Crippen LogP contribution is -2.38. The van der Waals surface area contributed by atoms with E-state index in [0.717, 1.165) is 57.7 Å². The van der Waals surface area contributed by atoms with Crippen molar-refractivity contribution in [3.05, 3.63) is 11.9 Å². The van der Waals surface area contributed by atoms with Crippen molar-refractivity contribution in [2.75, 3.05) is 32.8 Å². The van der Waals surface area contributed by atoms with Crippen molar-refractivity contribution in [2.24, 2.45) is 0 Å². The van der Waals surface area contributed by atoms with Gasteiger partial charge in [0.1, 0.15) is 0 Å². The Morgan fingerprint density at radius 1 is 1.28 bits per heavy atom. The molecule has 1 aromatic heterocycles. The minimum Gasteiger partial charge on any atom is -0.379 e. The van der Waals surface area contributed by atoms with Gasteiger partial charge >= 0.3 is 0 Å². The first-order chi connectivity index (χ1) is 8.90. The van der Waals surface area contributed by atoms with Gasteiger partial charge in [-0.1, -0.05) is 5.21 Å². The minimum absolute atomic E-state index is 0.725. The van der Waals surface area contributed by atoms with E-state index in [0.29, 0.717) is 0 Å². The van der Waals surface area contributed by atoms with E-state index in [1.54, 1.807) is 0 Å². The Labute approximate surface area is 107 Å². The molecule has 0 unspecified atom stereocenters. The quantitative estimate of drug-likeness (QED) is 0.763. The summed E-state index contributed by atoms with van der Waals surface area (Å²) in [5.41, 5.74) is 1.05. The third-order valence-electron chi connectivity index (χ3n) is 3.48. The molecule has 0 bridgehead atoms. The molecule has 18 heavy (non-hydrogen) atoms. The highest BCUT2D eigenvalue weighted by Gasteiger charge is 2.20. The van der Waals surface area contributed by atoms with Gasteiger partial charge in [-0.25, -0.2) is 0 Å². The van der Waals surface area contributed by atoms with Crippen LogP contribution in [0.3, 0.4) is 0 Å². The van der Waals surface area contributed by atoms with E-state index in [1.165, 1.54) is 12.8 Å². The largest absolute Gasteiger partial charge is 0.379 e. The van der Waals surface area contributed by atoms with Crippen LogP contribution in [0.4, 0.5) is 0 Å². The zero-order chi connectivity index (χ0) is 12.2. The molecule has 1 saturated heterocycles. The Morgan fingerprint density at radius 2 is 2.11 bits per heavy atom. The number of hydrogen-bond acceptors (Lipinski definition) is 5. The molecule has 0 amide bonds. The van der Waals surface area contributed by atoms with Crippen LogP contribution in [0, 0.1) is 0 Å². The number of nitrogens with zero attached hydrogens (tertiary/aromatic N) is 4. The average Bonchev–Trinajstić information content (AvgIpc) is 3.14. The van der Waals surface area contributed by atoms with Crippen molar-refractivity contribution in [2.45, 2.75) is 32.0 Å². The SMILES string of the molecule is c1c(CNC2CC2)nnn1CCN1CCOCC1. The number of nitrogens with one attached hydrogen (secondary N) is 1. The molecular weight excluding hydrogens is 230 g/mol. The van der Waals surface area contributed by atoms with Crippen molar-refractivity contribution in [1.29, 1.82) is 0 Å². The molecule has 1 aliphatic carbocycles. The lowest BCUT2D eigenvalue weighted by Gasteiger charge is -2.26. The predicted molar refractivity (Wildman–Crippen MR) is 67.1 cm³/mol. The van der Waals surface area contributed by atoms with E-state index in [1.807, 2.05) is 4.68 Å². The molecule has 3 rings (SSSR count). The fourth-order valence-electron chi connectivity index (χ4n) is 2.13. The van der Waals surface area contributed by atoms with Crippen molar-refractivity contribution in [1.82, 2.24) is 25.2 Å². The van der Waals surface area contributed by atoms with Crippen LogP contribution in [0.1, 0.15) is 18.5 Å². The van der Waals surface area contributed by atoms with Crippen LogP contribution in [-0.2, 0) is 17.8 Å². The van der Waals surface area contributed by atoms with Gasteiger partial charge in [-0.05, 0) is 12.8 Å². The molecule has 0 radical (unpaired) electrons. The summed E-state index contributed by atoms with van der Waals surface area (Å²) in [7, 11) is 0. The van der Waals surface area contributed by atoms with Gasteiger partial charge in [-0.2, -0.15) is 0 Å². The first kappa shape index (κ1) is 12.1. The van der Waals surface area contributed by atoms with Gasteiger partial charge in [0.05, 0.1) is 25.5 Å². The fourth-order valence-corrected chi connectivity index (χ4v) is 2.13. The summed E-state index contributed by atoms with van der Waals surface area (Å²) in [5, 5.41) is 11.8. The van der Waals surface area contributed by atoms with Gasteiger partial charge in [-0.15, -0.1) is 5.10 Å². The predicted octanol–water partition coefficient (Wildman–Crippen LogP) is -0.138. The molecule has 100 valence electrons. The van der Waals surface area contributed by atoms with Crippen LogP contribution in [0.2, 0.25) is 0 Å². The van der Waals surface area contributed by atoms with E-state index in [-0.39, 0.29) is 0 Å². The third-order valence-corrected chi connectivity index (χ3v) is 3.48. The second-order valence-electron chi connectivity index (χ2n) is 5.08. The van der Waals surface area contributed by atoms with Crippen molar-refractivity contribution < 1.29 is 4.74 Å². The van der Waals surface area contributed by atoms with Gasteiger partial charge < -0.3 is 10.1 Å². The van der Waals surface area contributed by atoms with Crippen LogP contribution in [0.25, 0.3) is 0 Å². The van der Waals surface area contributed by atoms with E-state index in [4.69, 9.17) is 4.74 Å². The molecule has 1 saturated carbocycles. The van der Waals surface area contributed by atoms with Gasteiger partial charge in [0.25, 0.3) is 0 Å². The summed E-state index contributed by atoms with van der Waals surface area (Å²) in [6.45, 7) is 6.57. The minimum atomic E-state index is 0.725. The van der Waals surface area contributed by atoms with E-state index in [9.17, 15) is 0 Å². The molecule has 2 fully saturated rings. The maximum absolute atomic E-state index is 5.33. The number of morpholine rings is 1. The lowest BCUT2D eigenvalue weighted by atomic mass is 10.4. The van der Waals surface area contributed by atoms with Crippen molar-refractivity contribution in [3.63, 3.8) is 0 Å². The van der Waals surface area contributed by atoms with E-state index in [2.05, 4.69) is 26.7 Å². The second-order valence-corrected chi connectivity index (χ2v) is 5.08.